The Balaban J connectivity index is 1.87. The molecule has 1 aromatic rings. The van der Waals surface area contributed by atoms with Crippen LogP contribution in [0.5, 0.6) is 0 Å². The Bertz CT molecular complexity index is 458. The Morgan fingerprint density at radius 2 is 2.39 bits per heavy atom. The molecule has 2 heterocycles. The molecule has 0 unspecified atom stereocenters. The van der Waals surface area contributed by atoms with E-state index in [1.807, 2.05) is 11.8 Å². The zero-order chi connectivity index (χ0) is 12.8. The largest absolute Gasteiger partial charge is 0.388 e. The predicted octanol–water partition coefficient (Wildman–Crippen LogP) is 1.46. The lowest BCUT2D eigenvalue weighted by Gasteiger charge is -2.33. The van der Waals surface area contributed by atoms with E-state index in [1.165, 1.54) is 0 Å². The molecule has 0 aromatic carbocycles. The number of fused-ring (bicyclic) bond motifs is 1. The summed E-state index contributed by atoms with van der Waals surface area (Å²) in [6.45, 7) is 2.60. The van der Waals surface area contributed by atoms with Crippen molar-refractivity contribution < 1.29 is 9.90 Å². The smallest absolute Gasteiger partial charge is 0.255 e. The third-order valence-electron chi connectivity index (χ3n) is 4.35. The summed E-state index contributed by atoms with van der Waals surface area (Å²) in [7, 11) is 0. The SMILES string of the molecule is C[C@@]1(O)CC[C@@H]2CCN(C(=O)c3cccnc3)[C@@H]21. The summed E-state index contributed by atoms with van der Waals surface area (Å²) in [5.74, 6) is 0.457. The van der Waals surface area contributed by atoms with Gasteiger partial charge in [0.15, 0.2) is 0 Å². The molecule has 1 saturated heterocycles. The number of nitrogens with zero attached hydrogens (tertiary/aromatic N) is 2. The van der Waals surface area contributed by atoms with E-state index in [2.05, 4.69) is 4.98 Å². The van der Waals surface area contributed by atoms with Crippen molar-refractivity contribution >= 4 is 5.91 Å². The standard InChI is InChI=1S/C14H18N2O2/c1-14(18)6-4-10-5-8-16(12(10)14)13(17)11-3-2-7-15-9-11/h2-3,7,9-10,12,18H,4-6,8H2,1H3/t10-,12+,14-/m1/s1. The van der Waals surface area contributed by atoms with E-state index in [0.717, 1.165) is 25.8 Å². The van der Waals surface area contributed by atoms with Crippen LogP contribution in [0.1, 0.15) is 36.5 Å². The highest BCUT2D eigenvalue weighted by Gasteiger charge is 2.51. The number of likely N-dealkylation sites (tertiary alicyclic amines) is 1. The third-order valence-corrected chi connectivity index (χ3v) is 4.35. The highest BCUT2D eigenvalue weighted by atomic mass is 16.3. The first kappa shape index (κ1) is 11.7. The lowest BCUT2D eigenvalue weighted by molar-refractivity contribution is -0.00220. The Morgan fingerprint density at radius 3 is 3.11 bits per heavy atom. The van der Waals surface area contributed by atoms with Crippen LogP contribution in [0.4, 0.5) is 0 Å². The molecule has 1 aromatic heterocycles. The number of rotatable bonds is 1. The van der Waals surface area contributed by atoms with E-state index in [9.17, 15) is 9.90 Å². The first-order valence-electron chi connectivity index (χ1n) is 6.53. The van der Waals surface area contributed by atoms with Gasteiger partial charge in [0.05, 0.1) is 17.2 Å². The Hall–Kier alpha value is -1.42. The van der Waals surface area contributed by atoms with Crippen molar-refractivity contribution in [2.45, 2.75) is 37.8 Å². The first-order valence-corrected chi connectivity index (χ1v) is 6.53. The van der Waals surface area contributed by atoms with Crippen LogP contribution in [0.25, 0.3) is 0 Å². The van der Waals surface area contributed by atoms with Crippen molar-refractivity contribution in [3.8, 4) is 0 Å². The summed E-state index contributed by atoms with van der Waals surface area (Å²) in [4.78, 5) is 18.3. The fourth-order valence-electron chi connectivity index (χ4n) is 3.51. The minimum atomic E-state index is -0.737. The van der Waals surface area contributed by atoms with Crippen LogP contribution in [0.2, 0.25) is 0 Å². The van der Waals surface area contributed by atoms with Gasteiger partial charge in [0.2, 0.25) is 0 Å². The number of carbonyl (C=O) groups excluding carboxylic acids is 1. The predicted molar refractivity (Wildman–Crippen MR) is 67.0 cm³/mol. The van der Waals surface area contributed by atoms with Crippen molar-refractivity contribution in [1.29, 1.82) is 0 Å². The van der Waals surface area contributed by atoms with Gasteiger partial charge in [-0.25, -0.2) is 0 Å². The molecule has 1 N–H and O–H groups in total. The molecule has 2 fully saturated rings. The normalized spacial score (nSPS) is 34.7. The summed E-state index contributed by atoms with van der Waals surface area (Å²) in [5.41, 5.74) is -0.125. The molecule has 96 valence electrons. The van der Waals surface area contributed by atoms with Crippen molar-refractivity contribution in [2.75, 3.05) is 6.54 Å². The van der Waals surface area contributed by atoms with Crippen LogP contribution in [0.15, 0.2) is 24.5 Å². The number of hydrogen-bond donors (Lipinski definition) is 1. The average Bonchev–Trinajstić information content (AvgIpc) is 2.92. The lowest BCUT2D eigenvalue weighted by atomic mass is 9.96. The number of amides is 1. The van der Waals surface area contributed by atoms with Crippen LogP contribution in [0, 0.1) is 5.92 Å². The van der Waals surface area contributed by atoms with Gasteiger partial charge in [-0.1, -0.05) is 0 Å². The molecule has 0 spiro atoms. The van der Waals surface area contributed by atoms with Gasteiger partial charge in [0.25, 0.3) is 5.91 Å². The van der Waals surface area contributed by atoms with Gasteiger partial charge in [-0.05, 0) is 44.2 Å². The van der Waals surface area contributed by atoms with Gasteiger partial charge >= 0.3 is 0 Å². The van der Waals surface area contributed by atoms with E-state index in [-0.39, 0.29) is 11.9 Å². The van der Waals surface area contributed by atoms with Crippen LogP contribution >= 0.6 is 0 Å². The van der Waals surface area contributed by atoms with Gasteiger partial charge in [-0.2, -0.15) is 0 Å². The topological polar surface area (TPSA) is 53.4 Å². The first-order chi connectivity index (χ1) is 8.59. The fourth-order valence-corrected chi connectivity index (χ4v) is 3.51. The highest BCUT2D eigenvalue weighted by Crippen LogP contribution is 2.44. The van der Waals surface area contributed by atoms with E-state index < -0.39 is 5.60 Å². The van der Waals surface area contributed by atoms with Crippen molar-refractivity contribution in [1.82, 2.24) is 9.88 Å². The molecular formula is C14H18N2O2. The third kappa shape index (κ3) is 1.72. The maximum Gasteiger partial charge on any atom is 0.255 e. The summed E-state index contributed by atoms with van der Waals surface area (Å²) in [6.07, 6.45) is 6.08. The zero-order valence-corrected chi connectivity index (χ0v) is 10.5. The minimum Gasteiger partial charge on any atom is -0.388 e. The number of aliphatic hydroxyl groups is 1. The zero-order valence-electron chi connectivity index (χ0n) is 10.5. The summed E-state index contributed by atoms with van der Waals surface area (Å²) < 4.78 is 0. The molecule has 1 aliphatic carbocycles. The molecular weight excluding hydrogens is 228 g/mol. The van der Waals surface area contributed by atoms with Crippen LogP contribution in [0.3, 0.4) is 0 Å². The molecule has 4 nitrogen and oxygen atoms in total. The minimum absolute atomic E-state index is 0.00206. The molecule has 18 heavy (non-hydrogen) atoms. The number of carbonyl (C=O) groups is 1. The van der Waals surface area contributed by atoms with Gasteiger partial charge in [-0.3, -0.25) is 9.78 Å². The van der Waals surface area contributed by atoms with Crippen molar-refractivity contribution in [2.24, 2.45) is 5.92 Å². The van der Waals surface area contributed by atoms with Crippen LogP contribution in [-0.4, -0.2) is 39.1 Å². The Labute approximate surface area is 107 Å². The summed E-state index contributed by atoms with van der Waals surface area (Å²) >= 11 is 0. The molecule has 3 atom stereocenters. The fraction of sp³-hybridized carbons (Fsp3) is 0.571. The second kappa shape index (κ2) is 4.05. The van der Waals surface area contributed by atoms with Crippen LogP contribution in [-0.2, 0) is 0 Å². The Morgan fingerprint density at radius 1 is 1.56 bits per heavy atom. The van der Waals surface area contributed by atoms with Gasteiger partial charge in [-0.15, -0.1) is 0 Å². The van der Waals surface area contributed by atoms with E-state index >= 15 is 0 Å². The van der Waals surface area contributed by atoms with Crippen molar-refractivity contribution in [3.63, 3.8) is 0 Å². The second-order valence-electron chi connectivity index (χ2n) is 5.63. The molecule has 2 aliphatic rings. The summed E-state index contributed by atoms with van der Waals surface area (Å²) in [6, 6.07) is 3.53. The molecule has 4 heteroatoms. The molecule has 0 bridgehead atoms. The number of pyridine rings is 1. The van der Waals surface area contributed by atoms with E-state index in [0.29, 0.717) is 11.5 Å². The molecule has 1 saturated carbocycles. The molecule has 0 radical (unpaired) electrons. The van der Waals surface area contributed by atoms with Crippen molar-refractivity contribution in [3.05, 3.63) is 30.1 Å². The van der Waals surface area contributed by atoms with Crippen LogP contribution < -0.4 is 0 Å². The monoisotopic (exact) mass is 246 g/mol. The van der Waals surface area contributed by atoms with E-state index in [4.69, 9.17) is 0 Å². The number of aromatic nitrogens is 1. The van der Waals surface area contributed by atoms with Gasteiger partial charge in [0, 0.05) is 18.9 Å². The molecule has 1 aliphatic heterocycles. The quantitative estimate of drug-likeness (QED) is 0.816. The number of hydrogen-bond acceptors (Lipinski definition) is 3. The van der Waals surface area contributed by atoms with Gasteiger partial charge in [0.1, 0.15) is 0 Å². The second-order valence-corrected chi connectivity index (χ2v) is 5.63. The lowest BCUT2D eigenvalue weighted by Crippen LogP contribution is -2.48. The molecule has 3 rings (SSSR count). The Kier molecular flexibility index (Phi) is 2.63. The van der Waals surface area contributed by atoms with E-state index in [1.54, 1.807) is 24.5 Å². The maximum absolute atomic E-state index is 12.5. The average molecular weight is 246 g/mol. The van der Waals surface area contributed by atoms with Gasteiger partial charge < -0.3 is 10.0 Å². The molecule has 1 amide bonds. The maximum atomic E-state index is 12.5. The highest BCUT2D eigenvalue weighted by molar-refractivity contribution is 5.94. The summed E-state index contributed by atoms with van der Waals surface area (Å²) in [5, 5.41) is 10.4.